The van der Waals surface area contributed by atoms with Gasteiger partial charge in [0.1, 0.15) is 12.2 Å². The molecule has 132 valence electrons. The summed E-state index contributed by atoms with van der Waals surface area (Å²) in [5.41, 5.74) is 2.27. The fraction of sp³-hybridized carbons (Fsp3) is 0.412. The van der Waals surface area contributed by atoms with Crippen LogP contribution in [-0.4, -0.2) is 44.4 Å². The van der Waals surface area contributed by atoms with Crippen LogP contribution in [0.2, 0.25) is 0 Å². The van der Waals surface area contributed by atoms with Crippen molar-refractivity contribution in [1.29, 1.82) is 0 Å². The minimum absolute atomic E-state index is 0.159. The van der Waals surface area contributed by atoms with E-state index in [1.165, 1.54) is 0 Å². The van der Waals surface area contributed by atoms with E-state index < -0.39 is 0 Å². The molecule has 3 aromatic rings. The van der Waals surface area contributed by atoms with Gasteiger partial charge in [-0.25, -0.2) is 4.98 Å². The lowest BCUT2D eigenvalue weighted by atomic mass is 10.1. The van der Waals surface area contributed by atoms with Crippen molar-refractivity contribution in [2.75, 3.05) is 13.7 Å². The number of aromatic amines is 1. The Morgan fingerprint density at radius 1 is 1.44 bits per heavy atom. The molecule has 1 amide bonds. The maximum atomic E-state index is 12.5. The molecule has 0 bridgehead atoms. The van der Waals surface area contributed by atoms with E-state index in [0.717, 1.165) is 35.6 Å². The van der Waals surface area contributed by atoms with Crippen molar-refractivity contribution >= 4 is 16.9 Å². The minimum atomic E-state index is -0.253. The molecular weight excluding hydrogens is 320 g/mol. The van der Waals surface area contributed by atoms with Crippen molar-refractivity contribution in [2.24, 2.45) is 0 Å². The van der Waals surface area contributed by atoms with E-state index >= 15 is 0 Å². The summed E-state index contributed by atoms with van der Waals surface area (Å²) in [6.45, 7) is 5.20. The molecule has 0 radical (unpaired) electrons. The lowest BCUT2D eigenvalue weighted by molar-refractivity contribution is 0.0937. The summed E-state index contributed by atoms with van der Waals surface area (Å²) in [4.78, 5) is 20.0. The van der Waals surface area contributed by atoms with Crippen LogP contribution >= 0.6 is 0 Å². The second kappa shape index (κ2) is 7.43. The molecule has 2 heterocycles. The second-order valence-corrected chi connectivity index (χ2v) is 5.98. The van der Waals surface area contributed by atoms with Gasteiger partial charge in [0.2, 0.25) is 0 Å². The highest BCUT2D eigenvalue weighted by atomic mass is 16.5. The molecule has 8 nitrogen and oxygen atoms in total. The number of ether oxygens (including phenoxy) is 1. The number of aryl methyl sites for hydroxylation is 2. The van der Waals surface area contributed by atoms with Gasteiger partial charge in [-0.15, -0.1) is 10.2 Å². The molecule has 0 saturated carbocycles. The van der Waals surface area contributed by atoms with Gasteiger partial charge in [-0.1, -0.05) is 0 Å². The summed E-state index contributed by atoms with van der Waals surface area (Å²) in [5, 5.41) is 11.1. The fourth-order valence-electron chi connectivity index (χ4n) is 2.77. The van der Waals surface area contributed by atoms with Crippen LogP contribution in [0, 0.1) is 6.92 Å². The average Bonchev–Trinajstić information content (AvgIpc) is 3.19. The van der Waals surface area contributed by atoms with E-state index in [1.807, 2.05) is 24.5 Å². The largest absolute Gasteiger partial charge is 0.385 e. The zero-order chi connectivity index (χ0) is 17.8. The Balaban J connectivity index is 1.70. The molecule has 0 aliphatic heterocycles. The maximum absolute atomic E-state index is 12.5. The van der Waals surface area contributed by atoms with E-state index in [9.17, 15) is 4.79 Å². The quantitative estimate of drug-likeness (QED) is 0.640. The van der Waals surface area contributed by atoms with Gasteiger partial charge in [0.15, 0.2) is 5.82 Å². The monoisotopic (exact) mass is 342 g/mol. The predicted octanol–water partition coefficient (Wildman–Crippen LogP) is 1.99. The summed E-state index contributed by atoms with van der Waals surface area (Å²) in [6.07, 6.45) is 2.53. The van der Waals surface area contributed by atoms with E-state index in [1.54, 1.807) is 25.6 Å². The lowest BCUT2D eigenvalue weighted by Gasteiger charge is -2.15. The first-order valence-corrected chi connectivity index (χ1v) is 8.22. The van der Waals surface area contributed by atoms with Crippen molar-refractivity contribution in [3.05, 3.63) is 41.7 Å². The lowest BCUT2D eigenvalue weighted by Crippen LogP contribution is -2.28. The van der Waals surface area contributed by atoms with E-state index in [2.05, 4.69) is 25.5 Å². The highest BCUT2D eigenvalue weighted by molar-refractivity contribution is 5.97. The standard InChI is InChI=1S/C17H22N6O2/c1-11(16-22-18-10-23(16)7-4-8-25-3)19-17(24)13-5-6-14-15(9-13)21-12(2)20-14/h5-6,9-11H,4,7-8H2,1-3H3,(H,19,24)(H,20,21). The van der Waals surface area contributed by atoms with Gasteiger partial charge >= 0.3 is 0 Å². The van der Waals surface area contributed by atoms with Gasteiger partial charge in [0.05, 0.1) is 17.1 Å². The Labute approximate surface area is 145 Å². The molecular formula is C17H22N6O2. The molecule has 2 aromatic heterocycles. The molecule has 8 heteroatoms. The van der Waals surface area contributed by atoms with Crippen molar-refractivity contribution in [3.63, 3.8) is 0 Å². The molecule has 0 aliphatic rings. The predicted molar refractivity (Wildman–Crippen MR) is 93.2 cm³/mol. The molecule has 1 atom stereocenters. The van der Waals surface area contributed by atoms with Crippen LogP contribution in [0.1, 0.15) is 41.4 Å². The number of nitrogens with one attached hydrogen (secondary N) is 2. The highest BCUT2D eigenvalue weighted by Crippen LogP contribution is 2.15. The third-order valence-electron chi connectivity index (χ3n) is 3.99. The van der Waals surface area contributed by atoms with E-state index in [-0.39, 0.29) is 11.9 Å². The van der Waals surface area contributed by atoms with Gasteiger partial charge in [0, 0.05) is 25.8 Å². The minimum Gasteiger partial charge on any atom is -0.385 e. The number of carbonyl (C=O) groups excluding carboxylic acids is 1. The average molecular weight is 342 g/mol. The number of amides is 1. The van der Waals surface area contributed by atoms with Crippen molar-refractivity contribution in [1.82, 2.24) is 30.0 Å². The first-order chi connectivity index (χ1) is 12.1. The molecule has 1 unspecified atom stereocenters. The zero-order valence-corrected chi connectivity index (χ0v) is 14.6. The first-order valence-electron chi connectivity index (χ1n) is 8.22. The summed E-state index contributed by atoms with van der Waals surface area (Å²) >= 11 is 0. The molecule has 0 aliphatic carbocycles. The Bertz CT molecular complexity index is 869. The first kappa shape index (κ1) is 17.1. The summed E-state index contributed by atoms with van der Waals surface area (Å²) < 4.78 is 7.00. The molecule has 0 saturated heterocycles. The Morgan fingerprint density at radius 2 is 2.28 bits per heavy atom. The number of methoxy groups -OCH3 is 1. The van der Waals surface area contributed by atoms with Gasteiger partial charge < -0.3 is 19.6 Å². The SMILES string of the molecule is COCCCn1cnnc1C(C)NC(=O)c1ccc2nc(C)[nH]c2c1. The van der Waals surface area contributed by atoms with Crippen LogP contribution in [0.15, 0.2) is 24.5 Å². The number of imidazole rings is 1. The van der Waals surface area contributed by atoms with Crippen molar-refractivity contribution < 1.29 is 9.53 Å². The zero-order valence-electron chi connectivity index (χ0n) is 14.6. The number of H-pyrrole nitrogens is 1. The summed E-state index contributed by atoms with van der Waals surface area (Å²) in [7, 11) is 1.67. The molecule has 1 aromatic carbocycles. The number of nitrogens with zero attached hydrogens (tertiary/aromatic N) is 4. The van der Waals surface area contributed by atoms with Crippen LogP contribution < -0.4 is 5.32 Å². The molecule has 0 fully saturated rings. The van der Waals surface area contributed by atoms with Crippen LogP contribution in [0.3, 0.4) is 0 Å². The number of fused-ring (bicyclic) bond motifs is 1. The highest BCUT2D eigenvalue weighted by Gasteiger charge is 2.17. The van der Waals surface area contributed by atoms with Crippen LogP contribution in [0.5, 0.6) is 0 Å². The molecule has 0 spiro atoms. The van der Waals surface area contributed by atoms with E-state index in [4.69, 9.17) is 4.74 Å². The van der Waals surface area contributed by atoms with Gasteiger partial charge in [-0.2, -0.15) is 0 Å². The number of hydrogen-bond donors (Lipinski definition) is 2. The van der Waals surface area contributed by atoms with Gasteiger partial charge in [-0.05, 0) is 38.5 Å². The molecule has 3 rings (SSSR count). The topological polar surface area (TPSA) is 97.7 Å². The number of benzene rings is 1. The Kier molecular flexibility index (Phi) is 5.08. The number of carbonyl (C=O) groups is 1. The second-order valence-electron chi connectivity index (χ2n) is 5.98. The normalized spacial score (nSPS) is 12.4. The Morgan fingerprint density at radius 3 is 3.08 bits per heavy atom. The molecule has 25 heavy (non-hydrogen) atoms. The van der Waals surface area contributed by atoms with Crippen molar-refractivity contribution in [3.8, 4) is 0 Å². The Hall–Kier alpha value is -2.74. The van der Waals surface area contributed by atoms with Crippen molar-refractivity contribution in [2.45, 2.75) is 32.9 Å². The van der Waals surface area contributed by atoms with Crippen LogP contribution in [-0.2, 0) is 11.3 Å². The van der Waals surface area contributed by atoms with Crippen LogP contribution in [0.25, 0.3) is 11.0 Å². The summed E-state index contributed by atoms with van der Waals surface area (Å²) in [5.74, 6) is 1.39. The van der Waals surface area contributed by atoms with Crippen LogP contribution in [0.4, 0.5) is 0 Å². The number of hydrogen-bond acceptors (Lipinski definition) is 5. The summed E-state index contributed by atoms with van der Waals surface area (Å²) in [6, 6.07) is 5.16. The van der Waals surface area contributed by atoms with E-state index in [0.29, 0.717) is 12.2 Å². The smallest absolute Gasteiger partial charge is 0.251 e. The third kappa shape index (κ3) is 3.85. The number of aromatic nitrogens is 5. The van der Waals surface area contributed by atoms with Gasteiger partial charge in [0.25, 0.3) is 5.91 Å². The molecule has 2 N–H and O–H groups in total. The third-order valence-corrected chi connectivity index (χ3v) is 3.99. The number of rotatable bonds is 7. The fourth-order valence-corrected chi connectivity index (χ4v) is 2.77. The van der Waals surface area contributed by atoms with Gasteiger partial charge in [-0.3, -0.25) is 4.79 Å². The maximum Gasteiger partial charge on any atom is 0.251 e.